The first kappa shape index (κ1) is 10.9. The largest absolute Gasteiger partial charge is 0.481 e. The summed E-state index contributed by atoms with van der Waals surface area (Å²) < 4.78 is 0. The van der Waals surface area contributed by atoms with Crippen molar-refractivity contribution >= 4 is 5.97 Å². The molecule has 2 aliphatic heterocycles. The second-order valence-electron chi connectivity index (χ2n) is 4.96. The summed E-state index contributed by atoms with van der Waals surface area (Å²) in [6.07, 6.45) is 2.63. The molecule has 0 aliphatic carbocycles. The number of hydrogen-bond acceptors (Lipinski definition) is 3. The summed E-state index contributed by atoms with van der Waals surface area (Å²) in [4.78, 5) is 15.5. The summed E-state index contributed by atoms with van der Waals surface area (Å²) in [6, 6.07) is 0.599. The predicted molar refractivity (Wildman–Crippen MR) is 57.8 cm³/mol. The number of rotatable bonds is 2. The minimum atomic E-state index is -0.647. The van der Waals surface area contributed by atoms with Crippen LogP contribution in [0.1, 0.15) is 19.3 Å². The van der Waals surface area contributed by atoms with Gasteiger partial charge in [0.1, 0.15) is 0 Å². The molecule has 2 fully saturated rings. The molecule has 0 saturated carbocycles. The highest BCUT2D eigenvalue weighted by Gasteiger charge is 2.34. The maximum absolute atomic E-state index is 10.7. The van der Waals surface area contributed by atoms with E-state index < -0.39 is 5.97 Å². The zero-order valence-electron chi connectivity index (χ0n) is 9.35. The SMILES string of the molecule is CN1CCCN2CC(CC(=O)O)CC2C1. The van der Waals surface area contributed by atoms with Gasteiger partial charge in [-0.05, 0) is 38.9 Å². The van der Waals surface area contributed by atoms with Crippen molar-refractivity contribution in [1.29, 1.82) is 0 Å². The van der Waals surface area contributed by atoms with Crippen LogP contribution < -0.4 is 0 Å². The lowest BCUT2D eigenvalue weighted by atomic mass is 10.0. The second-order valence-corrected chi connectivity index (χ2v) is 4.96. The van der Waals surface area contributed by atoms with Gasteiger partial charge in [0.15, 0.2) is 0 Å². The Balaban J connectivity index is 1.91. The van der Waals surface area contributed by atoms with Crippen molar-refractivity contribution < 1.29 is 9.90 Å². The van der Waals surface area contributed by atoms with Crippen LogP contribution in [0.25, 0.3) is 0 Å². The van der Waals surface area contributed by atoms with Gasteiger partial charge in [-0.15, -0.1) is 0 Å². The third-order valence-corrected chi connectivity index (χ3v) is 3.59. The van der Waals surface area contributed by atoms with Crippen molar-refractivity contribution in [2.75, 3.05) is 33.2 Å². The average Bonchev–Trinajstić information content (AvgIpc) is 2.38. The number of aliphatic carboxylic acids is 1. The lowest BCUT2D eigenvalue weighted by molar-refractivity contribution is -0.138. The quantitative estimate of drug-likeness (QED) is 0.723. The van der Waals surface area contributed by atoms with Gasteiger partial charge in [0.25, 0.3) is 0 Å². The Morgan fingerprint density at radius 3 is 2.93 bits per heavy atom. The van der Waals surface area contributed by atoms with E-state index in [1.54, 1.807) is 0 Å². The number of hydrogen-bond donors (Lipinski definition) is 1. The van der Waals surface area contributed by atoms with Crippen LogP contribution in [0.4, 0.5) is 0 Å². The molecule has 0 aromatic heterocycles. The van der Waals surface area contributed by atoms with E-state index >= 15 is 0 Å². The molecule has 1 N–H and O–H groups in total. The highest BCUT2D eigenvalue weighted by molar-refractivity contribution is 5.67. The number of nitrogens with zero attached hydrogens (tertiary/aromatic N) is 2. The summed E-state index contributed by atoms with van der Waals surface area (Å²) in [6.45, 7) is 4.42. The van der Waals surface area contributed by atoms with Crippen LogP contribution in [0.3, 0.4) is 0 Å². The summed E-state index contributed by atoms with van der Waals surface area (Å²) in [5.41, 5.74) is 0. The highest BCUT2D eigenvalue weighted by Crippen LogP contribution is 2.27. The molecule has 4 nitrogen and oxygen atoms in total. The topological polar surface area (TPSA) is 43.8 Å². The molecule has 15 heavy (non-hydrogen) atoms. The maximum atomic E-state index is 10.7. The molecule has 0 aromatic rings. The molecule has 2 rings (SSSR count). The van der Waals surface area contributed by atoms with Gasteiger partial charge >= 0.3 is 5.97 Å². The van der Waals surface area contributed by atoms with Crippen LogP contribution in [0.2, 0.25) is 0 Å². The molecular formula is C11H20N2O2. The highest BCUT2D eigenvalue weighted by atomic mass is 16.4. The fraction of sp³-hybridized carbons (Fsp3) is 0.909. The summed E-state index contributed by atoms with van der Waals surface area (Å²) in [5.74, 6) is -0.273. The van der Waals surface area contributed by atoms with Gasteiger partial charge in [-0.3, -0.25) is 9.69 Å². The van der Waals surface area contributed by atoms with Crippen molar-refractivity contribution in [2.24, 2.45) is 5.92 Å². The lowest BCUT2D eigenvalue weighted by Crippen LogP contribution is -2.34. The van der Waals surface area contributed by atoms with E-state index in [1.807, 2.05) is 0 Å². The van der Waals surface area contributed by atoms with Gasteiger partial charge in [0.05, 0.1) is 0 Å². The van der Waals surface area contributed by atoms with Crippen LogP contribution in [0.15, 0.2) is 0 Å². The summed E-state index contributed by atoms with van der Waals surface area (Å²) >= 11 is 0. The Labute approximate surface area is 90.9 Å². The van der Waals surface area contributed by atoms with Crippen LogP contribution >= 0.6 is 0 Å². The molecule has 0 bridgehead atoms. The van der Waals surface area contributed by atoms with Crippen molar-refractivity contribution in [3.8, 4) is 0 Å². The van der Waals surface area contributed by atoms with E-state index in [0.717, 1.165) is 26.1 Å². The number of likely N-dealkylation sites (N-methyl/N-ethyl adjacent to an activating group) is 1. The standard InChI is InChI=1S/C11H20N2O2/c1-12-3-2-4-13-7-9(6-11(14)15)5-10(13)8-12/h9-10H,2-8H2,1H3,(H,14,15). The third-order valence-electron chi connectivity index (χ3n) is 3.59. The Kier molecular flexibility index (Phi) is 3.26. The molecule has 2 unspecified atom stereocenters. The van der Waals surface area contributed by atoms with Gasteiger partial charge in [0.2, 0.25) is 0 Å². The Hall–Kier alpha value is -0.610. The van der Waals surface area contributed by atoms with Gasteiger partial charge < -0.3 is 10.0 Å². The molecule has 0 spiro atoms. The van der Waals surface area contributed by atoms with Crippen molar-refractivity contribution in [3.63, 3.8) is 0 Å². The van der Waals surface area contributed by atoms with E-state index in [-0.39, 0.29) is 0 Å². The number of carbonyl (C=O) groups is 1. The zero-order chi connectivity index (χ0) is 10.8. The number of carboxylic acid groups (broad SMARTS) is 1. The average molecular weight is 212 g/mol. The predicted octanol–water partition coefficient (Wildman–Crippen LogP) is 0.487. The molecule has 86 valence electrons. The second kappa shape index (κ2) is 4.49. The van der Waals surface area contributed by atoms with Crippen molar-refractivity contribution in [2.45, 2.75) is 25.3 Å². The summed E-state index contributed by atoms with van der Waals surface area (Å²) in [7, 11) is 2.16. The molecule has 2 atom stereocenters. The molecular weight excluding hydrogens is 192 g/mol. The van der Waals surface area contributed by atoms with Gasteiger partial charge in [-0.2, -0.15) is 0 Å². The smallest absolute Gasteiger partial charge is 0.303 e. The first-order valence-electron chi connectivity index (χ1n) is 5.79. The molecule has 0 radical (unpaired) electrons. The normalized spacial score (nSPS) is 33.7. The molecule has 2 aliphatic rings. The summed E-state index contributed by atoms with van der Waals surface area (Å²) in [5, 5.41) is 8.79. The maximum Gasteiger partial charge on any atom is 0.303 e. The fourth-order valence-corrected chi connectivity index (χ4v) is 2.94. The van der Waals surface area contributed by atoms with E-state index in [1.165, 1.54) is 13.0 Å². The molecule has 0 aromatic carbocycles. The minimum absolute atomic E-state index is 0.344. The lowest BCUT2D eigenvalue weighted by Gasteiger charge is -2.22. The molecule has 2 heterocycles. The van der Waals surface area contributed by atoms with E-state index in [2.05, 4.69) is 16.8 Å². The van der Waals surface area contributed by atoms with Crippen LogP contribution in [-0.2, 0) is 4.79 Å². The monoisotopic (exact) mass is 212 g/mol. The van der Waals surface area contributed by atoms with Crippen LogP contribution in [0, 0.1) is 5.92 Å². The van der Waals surface area contributed by atoms with E-state index in [9.17, 15) is 4.79 Å². The van der Waals surface area contributed by atoms with Gasteiger partial charge in [-0.1, -0.05) is 0 Å². The zero-order valence-corrected chi connectivity index (χ0v) is 9.35. The van der Waals surface area contributed by atoms with Crippen molar-refractivity contribution in [3.05, 3.63) is 0 Å². The van der Waals surface area contributed by atoms with Crippen molar-refractivity contribution in [1.82, 2.24) is 9.80 Å². The Morgan fingerprint density at radius 1 is 1.40 bits per heavy atom. The van der Waals surface area contributed by atoms with Crippen LogP contribution in [0.5, 0.6) is 0 Å². The first-order valence-corrected chi connectivity index (χ1v) is 5.79. The van der Waals surface area contributed by atoms with Gasteiger partial charge in [0, 0.05) is 25.6 Å². The Bertz CT molecular complexity index is 245. The minimum Gasteiger partial charge on any atom is -0.481 e. The van der Waals surface area contributed by atoms with Gasteiger partial charge in [-0.25, -0.2) is 0 Å². The third kappa shape index (κ3) is 2.69. The first-order chi connectivity index (χ1) is 7.15. The van der Waals surface area contributed by atoms with Crippen LogP contribution in [-0.4, -0.2) is 60.1 Å². The molecule has 4 heteroatoms. The Morgan fingerprint density at radius 2 is 2.20 bits per heavy atom. The van der Waals surface area contributed by atoms with E-state index in [4.69, 9.17) is 5.11 Å². The number of carboxylic acids is 1. The number of fused-ring (bicyclic) bond motifs is 1. The molecule has 2 saturated heterocycles. The fourth-order valence-electron chi connectivity index (χ4n) is 2.94. The molecule has 0 amide bonds. The van der Waals surface area contributed by atoms with E-state index in [0.29, 0.717) is 18.4 Å².